The molecule has 2 aromatic carbocycles. The van der Waals surface area contributed by atoms with Crippen LogP contribution in [-0.2, 0) is 6.73 Å². The van der Waals surface area contributed by atoms with Gasteiger partial charge in [0.05, 0.1) is 12.9 Å². The molecule has 0 radical (unpaired) electrons. The van der Waals surface area contributed by atoms with Gasteiger partial charge in [-0.1, -0.05) is 12.1 Å². The van der Waals surface area contributed by atoms with Gasteiger partial charge in [-0.2, -0.15) is 0 Å². The highest BCUT2D eigenvalue weighted by atomic mass is 16.5. The lowest BCUT2D eigenvalue weighted by Crippen LogP contribution is -2.02. The molecular weight excluding hydrogens is 252 g/mol. The van der Waals surface area contributed by atoms with E-state index in [1.807, 2.05) is 54.1 Å². The lowest BCUT2D eigenvalue weighted by atomic mass is 10.1. The summed E-state index contributed by atoms with van der Waals surface area (Å²) in [5, 5.41) is 2.28. The molecule has 0 unspecified atom stereocenters. The summed E-state index contributed by atoms with van der Waals surface area (Å²) < 4.78 is 13.1. The quantitative estimate of drug-likeness (QED) is 0.711. The predicted octanol–water partition coefficient (Wildman–Crippen LogP) is 3.47. The van der Waals surface area contributed by atoms with Gasteiger partial charge in [-0.3, -0.25) is 0 Å². The first-order valence-electron chi connectivity index (χ1n) is 6.60. The first-order chi connectivity index (χ1) is 9.85. The Labute approximate surface area is 117 Å². The lowest BCUT2D eigenvalue weighted by molar-refractivity contribution is 0.236. The van der Waals surface area contributed by atoms with E-state index >= 15 is 0 Å². The third kappa shape index (κ3) is 2.74. The van der Waals surface area contributed by atoms with Gasteiger partial charge in [0.2, 0.25) is 0 Å². The Balaban J connectivity index is 1.78. The van der Waals surface area contributed by atoms with Crippen LogP contribution in [0.2, 0.25) is 0 Å². The van der Waals surface area contributed by atoms with E-state index in [0.29, 0.717) is 13.3 Å². The van der Waals surface area contributed by atoms with Crippen LogP contribution in [0.4, 0.5) is 0 Å². The summed E-state index contributed by atoms with van der Waals surface area (Å²) in [6.07, 6.45) is 5.34. The molecule has 4 nitrogen and oxygen atoms in total. The Hall–Kier alpha value is -2.49. The molecule has 0 atom stereocenters. The van der Waals surface area contributed by atoms with E-state index in [4.69, 9.17) is 9.47 Å². The molecule has 3 aromatic rings. The molecule has 0 aliphatic carbocycles. The number of aromatic nitrogens is 2. The van der Waals surface area contributed by atoms with Gasteiger partial charge in [-0.25, -0.2) is 4.98 Å². The third-order valence-electron chi connectivity index (χ3n) is 3.03. The zero-order valence-electron chi connectivity index (χ0n) is 11.3. The molecule has 0 aliphatic heterocycles. The van der Waals surface area contributed by atoms with Crippen LogP contribution in [-0.4, -0.2) is 16.2 Å². The van der Waals surface area contributed by atoms with Gasteiger partial charge in [-0.15, -0.1) is 0 Å². The van der Waals surface area contributed by atoms with Crippen LogP contribution < -0.4 is 9.47 Å². The molecule has 0 N–H and O–H groups in total. The van der Waals surface area contributed by atoms with E-state index in [2.05, 4.69) is 4.98 Å². The van der Waals surface area contributed by atoms with Crippen molar-refractivity contribution in [2.75, 3.05) is 6.61 Å². The molecule has 0 amide bonds. The largest absolute Gasteiger partial charge is 0.494 e. The maximum atomic E-state index is 5.73. The zero-order chi connectivity index (χ0) is 13.8. The van der Waals surface area contributed by atoms with Crippen molar-refractivity contribution in [3.05, 3.63) is 55.1 Å². The van der Waals surface area contributed by atoms with Gasteiger partial charge in [-0.05, 0) is 42.0 Å². The summed E-state index contributed by atoms with van der Waals surface area (Å²) in [4.78, 5) is 3.98. The van der Waals surface area contributed by atoms with Crippen molar-refractivity contribution in [1.29, 1.82) is 0 Å². The Morgan fingerprint density at radius 3 is 2.30 bits per heavy atom. The van der Waals surface area contributed by atoms with Gasteiger partial charge < -0.3 is 14.0 Å². The van der Waals surface area contributed by atoms with E-state index in [1.54, 1.807) is 12.5 Å². The van der Waals surface area contributed by atoms with Crippen molar-refractivity contribution in [2.45, 2.75) is 13.7 Å². The first kappa shape index (κ1) is 12.5. The first-order valence-corrected chi connectivity index (χ1v) is 6.60. The van der Waals surface area contributed by atoms with E-state index in [1.165, 1.54) is 0 Å². The molecule has 0 saturated heterocycles. The summed E-state index contributed by atoms with van der Waals surface area (Å²) in [5.41, 5.74) is 0. The number of rotatable bonds is 5. The summed E-state index contributed by atoms with van der Waals surface area (Å²) in [6, 6.07) is 12.1. The molecule has 0 fully saturated rings. The van der Waals surface area contributed by atoms with Crippen LogP contribution in [0, 0.1) is 0 Å². The summed E-state index contributed by atoms with van der Waals surface area (Å²) >= 11 is 0. The molecule has 4 heteroatoms. The molecular formula is C16H16N2O2. The highest BCUT2D eigenvalue weighted by Gasteiger charge is 2.00. The Morgan fingerprint density at radius 2 is 1.70 bits per heavy atom. The number of nitrogens with zero attached hydrogens (tertiary/aromatic N) is 2. The lowest BCUT2D eigenvalue weighted by Gasteiger charge is -2.09. The SMILES string of the molecule is CCOc1ccc2cc(OCn3ccnc3)ccc2c1. The highest BCUT2D eigenvalue weighted by molar-refractivity contribution is 5.85. The average molecular weight is 268 g/mol. The molecule has 1 aromatic heterocycles. The Bertz CT molecular complexity index is 693. The third-order valence-corrected chi connectivity index (χ3v) is 3.03. The number of hydrogen-bond donors (Lipinski definition) is 0. The molecule has 102 valence electrons. The minimum Gasteiger partial charge on any atom is -0.494 e. The number of imidazole rings is 1. The Kier molecular flexibility index (Phi) is 3.54. The van der Waals surface area contributed by atoms with Gasteiger partial charge in [0.15, 0.2) is 6.73 Å². The second-order valence-electron chi connectivity index (χ2n) is 4.45. The zero-order valence-corrected chi connectivity index (χ0v) is 11.3. The van der Waals surface area contributed by atoms with Crippen molar-refractivity contribution in [3.8, 4) is 11.5 Å². The van der Waals surface area contributed by atoms with Crippen LogP contribution in [0.3, 0.4) is 0 Å². The van der Waals surface area contributed by atoms with Gasteiger partial charge >= 0.3 is 0 Å². The fourth-order valence-corrected chi connectivity index (χ4v) is 2.06. The topological polar surface area (TPSA) is 36.3 Å². The standard InChI is InChI=1S/C16H16N2O2/c1-2-19-15-5-3-14-10-16(6-4-13(14)9-15)20-12-18-8-7-17-11-18/h3-11H,2,12H2,1H3. The van der Waals surface area contributed by atoms with E-state index in [-0.39, 0.29) is 0 Å². The highest BCUT2D eigenvalue weighted by Crippen LogP contribution is 2.25. The van der Waals surface area contributed by atoms with Gasteiger partial charge in [0.25, 0.3) is 0 Å². The van der Waals surface area contributed by atoms with Crippen LogP contribution in [0.25, 0.3) is 10.8 Å². The maximum absolute atomic E-state index is 5.73. The van der Waals surface area contributed by atoms with Crippen LogP contribution in [0.5, 0.6) is 11.5 Å². The van der Waals surface area contributed by atoms with Crippen LogP contribution >= 0.6 is 0 Å². The van der Waals surface area contributed by atoms with Crippen molar-refractivity contribution >= 4 is 10.8 Å². The normalized spacial score (nSPS) is 10.7. The fourth-order valence-electron chi connectivity index (χ4n) is 2.06. The maximum Gasteiger partial charge on any atom is 0.165 e. The summed E-state index contributed by atoms with van der Waals surface area (Å²) in [7, 11) is 0. The van der Waals surface area contributed by atoms with E-state index < -0.39 is 0 Å². The number of fused-ring (bicyclic) bond motifs is 1. The second-order valence-corrected chi connectivity index (χ2v) is 4.45. The van der Waals surface area contributed by atoms with Gasteiger partial charge in [0.1, 0.15) is 11.5 Å². The van der Waals surface area contributed by atoms with Crippen LogP contribution in [0.1, 0.15) is 6.92 Å². The van der Waals surface area contributed by atoms with Crippen molar-refractivity contribution in [2.24, 2.45) is 0 Å². The molecule has 0 bridgehead atoms. The van der Waals surface area contributed by atoms with E-state index in [9.17, 15) is 0 Å². The van der Waals surface area contributed by atoms with Crippen molar-refractivity contribution < 1.29 is 9.47 Å². The summed E-state index contributed by atoms with van der Waals surface area (Å²) in [5.74, 6) is 1.74. The number of hydrogen-bond acceptors (Lipinski definition) is 3. The fraction of sp³-hybridized carbons (Fsp3) is 0.188. The monoisotopic (exact) mass is 268 g/mol. The van der Waals surface area contributed by atoms with Crippen molar-refractivity contribution in [1.82, 2.24) is 9.55 Å². The minimum absolute atomic E-state index is 0.461. The minimum atomic E-state index is 0.461. The summed E-state index contributed by atoms with van der Waals surface area (Å²) in [6.45, 7) is 3.12. The smallest absolute Gasteiger partial charge is 0.165 e. The van der Waals surface area contributed by atoms with Gasteiger partial charge in [0, 0.05) is 12.4 Å². The molecule has 0 aliphatic rings. The molecule has 0 saturated carbocycles. The molecule has 20 heavy (non-hydrogen) atoms. The number of benzene rings is 2. The Morgan fingerprint density at radius 1 is 1.00 bits per heavy atom. The second kappa shape index (κ2) is 5.65. The van der Waals surface area contributed by atoms with Crippen molar-refractivity contribution in [3.63, 3.8) is 0 Å². The number of ether oxygens (including phenoxy) is 2. The molecule has 0 spiro atoms. The average Bonchev–Trinajstić information content (AvgIpc) is 2.99. The van der Waals surface area contributed by atoms with E-state index in [0.717, 1.165) is 22.3 Å². The van der Waals surface area contributed by atoms with Crippen LogP contribution in [0.15, 0.2) is 55.1 Å². The molecule has 1 heterocycles. The molecule has 3 rings (SSSR count). The predicted molar refractivity (Wildman–Crippen MR) is 78.0 cm³/mol.